The van der Waals surface area contributed by atoms with Gasteiger partial charge in [-0.15, -0.1) is 0 Å². The molecule has 0 unspecified atom stereocenters. The fraction of sp³-hybridized carbons (Fsp3) is 0.400. The van der Waals surface area contributed by atoms with Crippen LogP contribution in [0.3, 0.4) is 0 Å². The second kappa shape index (κ2) is 14.0. The molecule has 0 spiro atoms. The Labute approximate surface area is 277 Å². The SMILES string of the molecule is Cc1cccc(C)c1-c1cc2nc(n1)NS(=O)(=O)c1cccc(c1)C(=O)N(Cc1cncc(N(C)CC(C)C)n1)[C@H](CC(C)C)CO2. The van der Waals surface area contributed by atoms with E-state index in [1.165, 1.54) is 12.1 Å². The van der Waals surface area contributed by atoms with Crippen LogP contribution in [-0.2, 0) is 16.6 Å². The fourth-order valence-electron chi connectivity index (χ4n) is 5.88. The van der Waals surface area contributed by atoms with E-state index in [-0.39, 0.29) is 47.3 Å². The van der Waals surface area contributed by atoms with Crippen molar-refractivity contribution in [3.8, 4) is 17.1 Å². The Morgan fingerprint density at radius 2 is 1.70 bits per heavy atom. The highest BCUT2D eigenvalue weighted by molar-refractivity contribution is 7.92. The molecule has 1 atom stereocenters. The number of fused-ring (bicyclic) bond motifs is 4. The lowest BCUT2D eigenvalue weighted by Gasteiger charge is -2.33. The molecule has 4 aromatic rings. The Morgan fingerprint density at radius 3 is 2.40 bits per heavy atom. The van der Waals surface area contributed by atoms with Crippen LogP contribution in [0, 0.1) is 25.7 Å². The van der Waals surface area contributed by atoms with Crippen LogP contribution < -0.4 is 14.4 Å². The summed E-state index contributed by atoms with van der Waals surface area (Å²) in [5.41, 5.74) is 4.18. The van der Waals surface area contributed by atoms with E-state index in [1.54, 1.807) is 35.5 Å². The van der Waals surface area contributed by atoms with E-state index in [2.05, 4.69) is 47.4 Å². The number of anilines is 2. The van der Waals surface area contributed by atoms with Gasteiger partial charge in [0.2, 0.25) is 11.8 Å². The smallest absolute Gasteiger partial charge is 0.264 e. The number of sulfonamides is 1. The lowest BCUT2D eigenvalue weighted by molar-refractivity contribution is 0.0549. The molecule has 1 amide bonds. The molecule has 0 radical (unpaired) electrons. The van der Waals surface area contributed by atoms with E-state index in [4.69, 9.17) is 9.72 Å². The Morgan fingerprint density at radius 1 is 0.979 bits per heavy atom. The monoisotopic (exact) mass is 657 g/mol. The second-order valence-electron chi connectivity index (χ2n) is 13.0. The van der Waals surface area contributed by atoms with Crippen molar-refractivity contribution >= 4 is 27.7 Å². The van der Waals surface area contributed by atoms with Gasteiger partial charge >= 0.3 is 0 Å². The summed E-state index contributed by atoms with van der Waals surface area (Å²) in [6.45, 7) is 13.5. The molecule has 0 aliphatic carbocycles. The van der Waals surface area contributed by atoms with Gasteiger partial charge in [-0.25, -0.2) is 23.1 Å². The minimum atomic E-state index is -4.16. The van der Waals surface area contributed by atoms with Crippen LogP contribution in [-0.4, -0.2) is 65.4 Å². The number of hydrogen-bond acceptors (Lipinski definition) is 9. The zero-order chi connectivity index (χ0) is 33.9. The van der Waals surface area contributed by atoms with Gasteiger partial charge in [-0.3, -0.25) is 9.78 Å². The summed E-state index contributed by atoms with van der Waals surface area (Å²) >= 11 is 0. The zero-order valence-corrected chi connectivity index (χ0v) is 28.9. The average molecular weight is 658 g/mol. The van der Waals surface area contributed by atoms with Crippen molar-refractivity contribution in [1.82, 2.24) is 24.8 Å². The quantitative estimate of drug-likeness (QED) is 0.246. The number of carbonyl (C=O) groups excluding carboxylic acids is 1. The number of hydrogen-bond donors (Lipinski definition) is 1. The number of aryl methyl sites for hydroxylation is 2. The number of nitrogens with one attached hydrogen (secondary N) is 1. The maximum absolute atomic E-state index is 14.4. The molecule has 11 nitrogen and oxygen atoms in total. The zero-order valence-electron chi connectivity index (χ0n) is 28.1. The molecular weight excluding hydrogens is 614 g/mol. The summed E-state index contributed by atoms with van der Waals surface area (Å²) in [6, 6.07) is 13.2. The van der Waals surface area contributed by atoms with Gasteiger partial charge in [0, 0.05) is 30.8 Å². The summed E-state index contributed by atoms with van der Waals surface area (Å²) in [5.74, 6) is 1.08. The molecule has 0 saturated carbocycles. The van der Waals surface area contributed by atoms with E-state index in [1.807, 2.05) is 44.0 Å². The van der Waals surface area contributed by atoms with E-state index >= 15 is 0 Å². The molecule has 3 heterocycles. The van der Waals surface area contributed by atoms with Crippen LogP contribution in [0.2, 0.25) is 0 Å². The van der Waals surface area contributed by atoms with Gasteiger partial charge in [-0.05, 0) is 61.4 Å². The molecule has 12 heteroatoms. The largest absolute Gasteiger partial charge is 0.475 e. The predicted octanol–water partition coefficient (Wildman–Crippen LogP) is 5.89. The number of aromatic nitrogens is 4. The van der Waals surface area contributed by atoms with E-state index < -0.39 is 16.1 Å². The van der Waals surface area contributed by atoms with E-state index in [9.17, 15) is 13.2 Å². The normalized spacial score (nSPS) is 16.1. The third kappa shape index (κ3) is 8.05. The molecule has 1 aliphatic rings. The lowest BCUT2D eigenvalue weighted by Crippen LogP contribution is -2.44. The Kier molecular flexibility index (Phi) is 10.1. The van der Waals surface area contributed by atoms with Gasteiger partial charge in [0.05, 0.1) is 41.3 Å². The average Bonchev–Trinajstić information content (AvgIpc) is 3.01. The van der Waals surface area contributed by atoms with Crippen LogP contribution in [0.1, 0.15) is 61.3 Å². The molecule has 2 aromatic heterocycles. The van der Waals surface area contributed by atoms with Crippen LogP contribution in [0.4, 0.5) is 11.8 Å². The number of rotatable bonds is 8. The summed E-state index contributed by atoms with van der Waals surface area (Å²) < 4.78 is 36.1. The highest BCUT2D eigenvalue weighted by Gasteiger charge is 2.30. The Balaban J connectivity index is 1.63. The summed E-state index contributed by atoms with van der Waals surface area (Å²) in [4.78, 5) is 36.4. The first kappa shape index (κ1) is 33.8. The van der Waals surface area contributed by atoms with Crippen molar-refractivity contribution < 1.29 is 17.9 Å². The molecule has 5 rings (SSSR count). The molecule has 0 fully saturated rings. The van der Waals surface area contributed by atoms with Crippen LogP contribution in [0.25, 0.3) is 11.3 Å². The highest BCUT2D eigenvalue weighted by atomic mass is 32.2. The van der Waals surface area contributed by atoms with Crippen molar-refractivity contribution in [3.63, 3.8) is 0 Å². The first-order chi connectivity index (χ1) is 22.3. The summed E-state index contributed by atoms with van der Waals surface area (Å²) in [7, 11) is -2.20. The van der Waals surface area contributed by atoms with Crippen LogP contribution in [0.5, 0.6) is 5.88 Å². The van der Waals surface area contributed by atoms with Gasteiger partial charge in [0.25, 0.3) is 15.9 Å². The minimum absolute atomic E-state index is 0.0800. The van der Waals surface area contributed by atoms with E-state index in [0.717, 1.165) is 23.2 Å². The van der Waals surface area contributed by atoms with Crippen molar-refractivity contribution in [1.29, 1.82) is 0 Å². The molecule has 4 bridgehead atoms. The molecule has 47 heavy (non-hydrogen) atoms. The molecule has 248 valence electrons. The second-order valence-corrected chi connectivity index (χ2v) is 14.7. The highest BCUT2D eigenvalue weighted by Crippen LogP contribution is 2.30. The Bertz CT molecular complexity index is 1840. The van der Waals surface area contributed by atoms with Crippen LogP contribution >= 0.6 is 0 Å². The van der Waals surface area contributed by atoms with Gasteiger partial charge in [-0.1, -0.05) is 52.0 Å². The summed E-state index contributed by atoms with van der Waals surface area (Å²) in [6.07, 6.45) is 3.99. The maximum atomic E-state index is 14.4. The minimum Gasteiger partial charge on any atom is -0.475 e. The van der Waals surface area contributed by atoms with Crippen molar-refractivity contribution in [2.45, 2.75) is 65.4 Å². The molecule has 2 aromatic carbocycles. The standard InChI is InChI=1S/C35H43N7O4S/c1-22(2)14-28-21-46-32-16-30(33-24(5)10-8-11-25(33)6)38-35(39-32)40-47(44,45)29-13-9-12-26(15-29)34(43)42(28)20-27-17-36-18-31(37-27)41(7)19-23(3)4/h8-13,15-18,22-23,28H,14,19-21H2,1-7H3,(H,38,39,40)/t28-/m1/s1. The molecule has 0 saturated heterocycles. The maximum Gasteiger partial charge on any atom is 0.264 e. The number of carbonyl (C=O) groups is 1. The number of nitrogens with zero attached hydrogens (tertiary/aromatic N) is 6. The number of amides is 1. The van der Waals surface area contributed by atoms with Crippen molar-refractivity contribution in [3.05, 3.63) is 83.3 Å². The van der Waals surface area contributed by atoms with Crippen LogP contribution in [0.15, 0.2) is 65.8 Å². The molecule has 1 N–H and O–H groups in total. The molecule has 1 aliphatic heterocycles. The van der Waals surface area contributed by atoms with Gasteiger partial charge in [0.1, 0.15) is 12.4 Å². The first-order valence-corrected chi connectivity index (χ1v) is 17.3. The topological polar surface area (TPSA) is 131 Å². The third-order valence-corrected chi connectivity index (χ3v) is 9.29. The lowest BCUT2D eigenvalue weighted by atomic mass is 10.00. The van der Waals surface area contributed by atoms with Crippen molar-refractivity contribution in [2.75, 3.05) is 29.8 Å². The third-order valence-electron chi connectivity index (χ3n) is 7.96. The first-order valence-electron chi connectivity index (χ1n) is 15.8. The van der Waals surface area contributed by atoms with Gasteiger partial charge < -0.3 is 14.5 Å². The number of ether oxygens (including phenoxy) is 1. The van der Waals surface area contributed by atoms with Crippen molar-refractivity contribution in [2.24, 2.45) is 11.8 Å². The Hall–Kier alpha value is -4.58. The summed E-state index contributed by atoms with van der Waals surface area (Å²) in [5, 5.41) is 0. The van der Waals surface area contributed by atoms with Gasteiger partial charge in [-0.2, -0.15) is 4.98 Å². The molecular formula is C35H43N7O4S. The number of benzene rings is 2. The van der Waals surface area contributed by atoms with Gasteiger partial charge in [0.15, 0.2) is 0 Å². The van der Waals surface area contributed by atoms with E-state index in [0.29, 0.717) is 29.5 Å². The predicted molar refractivity (Wildman–Crippen MR) is 183 cm³/mol. The fourth-order valence-corrected chi connectivity index (χ4v) is 6.87.